The third kappa shape index (κ3) is 3.84. The molecule has 1 fully saturated rings. The number of aryl methyl sites for hydroxylation is 1. The van der Waals surface area contributed by atoms with E-state index in [0.29, 0.717) is 18.8 Å². The van der Waals surface area contributed by atoms with Crippen LogP contribution >= 0.6 is 15.9 Å². The Balaban J connectivity index is 1.80. The summed E-state index contributed by atoms with van der Waals surface area (Å²) in [6.45, 7) is 4.45. The molecule has 2 heterocycles. The summed E-state index contributed by atoms with van der Waals surface area (Å²) in [5, 5.41) is 12.8. The number of nitrogens with zero attached hydrogens (tertiary/aromatic N) is 2. The summed E-state index contributed by atoms with van der Waals surface area (Å²) in [5.74, 6) is 0.448. The van der Waals surface area contributed by atoms with Crippen LogP contribution in [0.3, 0.4) is 0 Å². The van der Waals surface area contributed by atoms with Crippen LogP contribution in [0.2, 0.25) is 0 Å². The van der Waals surface area contributed by atoms with Crippen molar-refractivity contribution in [3.8, 4) is 5.69 Å². The number of hydrogen-bond acceptors (Lipinski definition) is 3. The largest absolute Gasteiger partial charge is 0.354 e. The molecular weight excluding hydrogens is 386 g/mol. The molecule has 1 aromatic heterocycles. The Morgan fingerprint density at radius 1 is 1.32 bits per heavy atom. The van der Waals surface area contributed by atoms with E-state index in [4.69, 9.17) is 0 Å². The molecule has 0 saturated carbocycles. The number of urea groups is 1. The predicted molar refractivity (Wildman–Crippen MR) is 98.9 cm³/mol. The third-order valence-corrected chi connectivity index (χ3v) is 4.78. The number of anilines is 1. The van der Waals surface area contributed by atoms with Crippen molar-refractivity contribution in [2.45, 2.75) is 32.7 Å². The van der Waals surface area contributed by atoms with Gasteiger partial charge in [0.2, 0.25) is 5.91 Å². The van der Waals surface area contributed by atoms with E-state index in [-0.39, 0.29) is 5.91 Å². The zero-order valence-electron chi connectivity index (χ0n) is 14.1. The molecule has 0 radical (unpaired) electrons. The van der Waals surface area contributed by atoms with Gasteiger partial charge in [0.05, 0.1) is 11.4 Å². The second-order valence-corrected chi connectivity index (χ2v) is 6.95. The van der Waals surface area contributed by atoms with E-state index in [1.165, 1.54) is 0 Å². The highest BCUT2D eigenvalue weighted by molar-refractivity contribution is 9.10. The van der Waals surface area contributed by atoms with E-state index in [1.807, 2.05) is 38.1 Å². The lowest BCUT2D eigenvalue weighted by Gasteiger charge is -2.23. The lowest BCUT2D eigenvalue weighted by atomic mass is 10.1. The first-order valence-corrected chi connectivity index (χ1v) is 8.92. The van der Waals surface area contributed by atoms with E-state index in [9.17, 15) is 9.59 Å². The molecule has 3 N–H and O–H groups in total. The van der Waals surface area contributed by atoms with Crippen LogP contribution in [0.5, 0.6) is 0 Å². The van der Waals surface area contributed by atoms with Gasteiger partial charge >= 0.3 is 6.03 Å². The van der Waals surface area contributed by atoms with Crippen molar-refractivity contribution in [2.24, 2.45) is 0 Å². The summed E-state index contributed by atoms with van der Waals surface area (Å²) in [4.78, 5) is 24.2. The number of piperidine rings is 1. The molecule has 0 aliphatic carbocycles. The predicted octanol–water partition coefficient (Wildman–Crippen LogP) is 2.65. The van der Waals surface area contributed by atoms with E-state index < -0.39 is 12.1 Å². The van der Waals surface area contributed by atoms with Crippen LogP contribution in [0.1, 0.15) is 24.1 Å². The molecule has 7 nitrogen and oxygen atoms in total. The topological polar surface area (TPSA) is 88.1 Å². The third-order valence-electron chi connectivity index (χ3n) is 4.25. The SMILES string of the molecule is Cc1nn(-c2ccc(Br)cc2)c(NC(=O)N[C@H]2CCCNC2=O)c1C. The fourth-order valence-electron chi connectivity index (χ4n) is 2.73. The number of benzene rings is 1. The van der Waals surface area contributed by atoms with Gasteiger partial charge < -0.3 is 10.6 Å². The summed E-state index contributed by atoms with van der Waals surface area (Å²) in [6, 6.07) is 6.74. The van der Waals surface area contributed by atoms with E-state index >= 15 is 0 Å². The summed E-state index contributed by atoms with van der Waals surface area (Å²) in [7, 11) is 0. The number of hydrogen-bond donors (Lipinski definition) is 3. The Kier molecular flexibility index (Phi) is 5.08. The van der Waals surface area contributed by atoms with E-state index in [0.717, 1.165) is 27.8 Å². The second kappa shape index (κ2) is 7.26. The molecule has 1 aliphatic heterocycles. The number of rotatable bonds is 3. The maximum atomic E-state index is 12.4. The average Bonchev–Trinajstić information content (AvgIpc) is 2.86. The van der Waals surface area contributed by atoms with Crippen LogP contribution in [0.25, 0.3) is 5.69 Å². The first-order valence-electron chi connectivity index (χ1n) is 8.13. The van der Waals surface area contributed by atoms with Crippen LogP contribution in [-0.2, 0) is 4.79 Å². The maximum Gasteiger partial charge on any atom is 0.321 e. The summed E-state index contributed by atoms with van der Waals surface area (Å²) >= 11 is 3.41. The average molecular weight is 406 g/mol. The number of carbonyl (C=O) groups is 2. The number of halogens is 1. The van der Waals surface area contributed by atoms with Crippen molar-refractivity contribution in [3.05, 3.63) is 40.0 Å². The first-order chi connectivity index (χ1) is 12.0. The Morgan fingerprint density at radius 3 is 2.72 bits per heavy atom. The molecule has 0 bridgehead atoms. The van der Waals surface area contributed by atoms with Crippen LogP contribution in [0.4, 0.5) is 10.6 Å². The quantitative estimate of drug-likeness (QED) is 0.733. The number of carbonyl (C=O) groups excluding carboxylic acids is 2. The molecule has 25 heavy (non-hydrogen) atoms. The lowest BCUT2D eigenvalue weighted by Crippen LogP contribution is -2.51. The van der Waals surface area contributed by atoms with Crippen molar-refractivity contribution in [3.63, 3.8) is 0 Å². The Hall–Kier alpha value is -2.35. The highest BCUT2D eigenvalue weighted by Gasteiger charge is 2.24. The minimum atomic E-state index is -0.501. The minimum absolute atomic E-state index is 0.143. The van der Waals surface area contributed by atoms with Crippen molar-refractivity contribution >= 4 is 33.7 Å². The highest BCUT2D eigenvalue weighted by atomic mass is 79.9. The van der Waals surface area contributed by atoms with Gasteiger partial charge in [-0.25, -0.2) is 9.48 Å². The normalized spacial score (nSPS) is 17.1. The molecule has 0 unspecified atom stereocenters. The van der Waals surface area contributed by atoms with Crippen LogP contribution in [0.15, 0.2) is 28.7 Å². The lowest BCUT2D eigenvalue weighted by molar-refractivity contribution is -0.124. The van der Waals surface area contributed by atoms with E-state index in [2.05, 4.69) is 37.0 Å². The molecule has 132 valence electrons. The molecule has 2 aromatic rings. The fourth-order valence-corrected chi connectivity index (χ4v) is 3.00. The number of aromatic nitrogens is 2. The second-order valence-electron chi connectivity index (χ2n) is 6.03. The molecule has 1 aromatic carbocycles. The van der Waals surface area contributed by atoms with Gasteiger partial charge in [-0.1, -0.05) is 15.9 Å². The van der Waals surface area contributed by atoms with Gasteiger partial charge in [0.1, 0.15) is 11.9 Å². The van der Waals surface area contributed by atoms with Gasteiger partial charge in [0.15, 0.2) is 0 Å². The molecule has 8 heteroatoms. The smallest absolute Gasteiger partial charge is 0.321 e. The molecule has 0 spiro atoms. The van der Waals surface area contributed by atoms with Gasteiger partial charge in [0, 0.05) is 16.6 Å². The molecule has 3 amide bonds. The van der Waals surface area contributed by atoms with Gasteiger partial charge in [-0.05, 0) is 51.0 Å². The van der Waals surface area contributed by atoms with Crippen LogP contribution in [0, 0.1) is 13.8 Å². The van der Waals surface area contributed by atoms with Gasteiger partial charge in [-0.2, -0.15) is 5.10 Å². The summed E-state index contributed by atoms with van der Waals surface area (Å²) in [6.07, 6.45) is 1.49. The molecule has 1 atom stereocenters. The van der Waals surface area contributed by atoms with Gasteiger partial charge in [0.25, 0.3) is 0 Å². The number of amides is 3. The maximum absolute atomic E-state index is 12.4. The summed E-state index contributed by atoms with van der Waals surface area (Å²) in [5.41, 5.74) is 2.55. The van der Waals surface area contributed by atoms with Crippen molar-refractivity contribution in [1.29, 1.82) is 0 Å². The molecule has 3 rings (SSSR count). The van der Waals surface area contributed by atoms with Gasteiger partial charge in [-0.15, -0.1) is 0 Å². The van der Waals surface area contributed by atoms with Crippen LogP contribution in [-0.4, -0.2) is 34.3 Å². The standard InChI is InChI=1S/C17H20BrN5O2/c1-10-11(2)22-23(13-7-5-12(18)6-8-13)15(10)21-17(25)20-14-4-3-9-19-16(14)24/h5-8,14H,3-4,9H2,1-2H3,(H,19,24)(H2,20,21,25)/t14-/m0/s1. The molecule has 1 saturated heterocycles. The Bertz CT molecular complexity index is 800. The fraction of sp³-hybridized carbons (Fsp3) is 0.353. The zero-order chi connectivity index (χ0) is 18.0. The zero-order valence-corrected chi connectivity index (χ0v) is 15.7. The van der Waals surface area contributed by atoms with E-state index in [1.54, 1.807) is 4.68 Å². The molecular formula is C17H20BrN5O2. The Labute approximate surface area is 154 Å². The van der Waals surface area contributed by atoms with Crippen LogP contribution < -0.4 is 16.0 Å². The minimum Gasteiger partial charge on any atom is -0.354 e. The van der Waals surface area contributed by atoms with Crippen molar-refractivity contribution in [2.75, 3.05) is 11.9 Å². The van der Waals surface area contributed by atoms with Crippen molar-refractivity contribution in [1.82, 2.24) is 20.4 Å². The first kappa shape index (κ1) is 17.5. The summed E-state index contributed by atoms with van der Waals surface area (Å²) < 4.78 is 2.66. The molecule has 1 aliphatic rings. The van der Waals surface area contributed by atoms with Gasteiger partial charge in [-0.3, -0.25) is 10.1 Å². The Morgan fingerprint density at radius 2 is 2.04 bits per heavy atom. The highest BCUT2D eigenvalue weighted by Crippen LogP contribution is 2.24. The van der Waals surface area contributed by atoms with Crippen molar-refractivity contribution < 1.29 is 9.59 Å². The monoisotopic (exact) mass is 405 g/mol. The number of nitrogens with one attached hydrogen (secondary N) is 3.